The number of carboxylic acids is 1. The largest absolute Gasteiger partial charge is 0.477 e. The SMILES string of the molecule is CC(=O)NCc1nccc(C(=O)O)n1. The molecule has 0 spiro atoms. The van der Waals surface area contributed by atoms with Crippen molar-refractivity contribution in [1.82, 2.24) is 15.3 Å². The Bertz CT molecular complexity index is 365. The van der Waals surface area contributed by atoms with Crippen LogP contribution in [-0.2, 0) is 11.3 Å². The topological polar surface area (TPSA) is 92.2 Å². The number of carboxylic acid groups (broad SMARTS) is 1. The Morgan fingerprint density at radius 2 is 2.29 bits per heavy atom. The fourth-order valence-corrected chi connectivity index (χ4v) is 0.807. The highest BCUT2D eigenvalue weighted by Crippen LogP contribution is 1.95. The number of nitrogens with zero attached hydrogens (tertiary/aromatic N) is 2. The van der Waals surface area contributed by atoms with Crippen molar-refractivity contribution < 1.29 is 14.7 Å². The van der Waals surface area contributed by atoms with E-state index < -0.39 is 5.97 Å². The minimum atomic E-state index is -1.11. The molecule has 0 radical (unpaired) electrons. The molecule has 14 heavy (non-hydrogen) atoms. The van der Waals surface area contributed by atoms with Gasteiger partial charge in [-0.15, -0.1) is 0 Å². The summed E-state index contributed by atoms with van der Waals surface area (Å²) >= 11 is 0. The summed E-state index contributed by atoms with van der Waals surface area (Å²) in [7, 11) is 0. The van der Waals surface area contributed by atoms with Crippen LogP contribution in [0.3, 0.4) is 0 Å². The van der Waals surface area contributed by atoms with Gasteiger partial charge in [-0.3, -0.25) is 4.79 Å². The molecular formula is C8H9N3O3. The second-order valence-corrected chi connectivity index (χ2v) is 2.57. The molecule has 0 saturated heterocycles. The summed E-state index contributed by atoms with van der Waals surface area (Å²) in [6.07, 6.45) is 1.34. The zero-order chi connectivity index (χ0) is 10.6. The van der Waals surface area contributed by atoms with Crippen molar-refractivity contribution >= 4 is 11.9 Å². The minimum absolute atomic E-state index is 0.0830. The van der Waals surface area contributed by atoms with Crippen LogP contribution in [0.15, 0.2) is 12.3 Å². The average molecular weight is 195 g/mol. The van der Waals surface area contributed by atoms with Gasteiger partial charge in [0.1, 0.15) is 5.82 Å². The molecule has 2 N–H and O–H groups in total. The first-order valence-electron chi connectivity index (χ1n) is 3.89. The van der Waals surface area contributed by atoms with Gasteiger partial charge in [0.05, 0.1) is 6.54 Å². The predicted molar refractivity (Wildman–Crippen MR) is 46.5 cm³/mol. The molecule has 1 amide bonds. The highest BCUT2D eigenvalue weighted by molar-refractivity contribution is 5.85. The summed E-state index contributed by atoms with van der Waals surface area (Å²) < 4.78 is 0. The maximum atomic E-state index is 10.6. The molecule has 6 nitrogen and oxygen atoms in total. The van der Waals surface area contributed by atoms with Gasteiger partial charge >= 0.3 is 5.97 Å². The van der Waals surface area contributed by atoms with Gasteiger partial charge in [0.15, 0.2) is 5.69 Å². The van der Waals surface area contributed by atoms with E-state index in [1.54, 1.807) is 0 Å². The van der Waals surface area contributed by atoms with Crippen LogP contribution in [0.2, 0.25) is 0 Å². The summed E-state index contributed by atoms with van der Waals surface area (Å²) in [5, 5.41) is 11.1. The lowest BCUT2D eigenvalue weighted by atomic mass is 10.4. The van der Waals surface area contributed by atoms with Crippen molar-refractivity contribution in [2.75, 3.05) is 0 Å². The lowest BCUT2D eigenvalue weighted by molar-refractivity contribution is -0.119. The number of aromatic carboxylic acids is 1. The molecule has 1 aromatic heterocycles. The van der Waals surface area contributed by atoms with Crippen LogP contribution in [-0.4, -0.2) is 27.0 Å². The summed E-state index contributed by atoms with van der Waals surface area (Å²) in [6.45, 7) is 1.50. The van der Waals surface area contributed by atoms with Crippen molar-refractivity contribution in [1.29, 1.82) is 0 Å². The van der Waals surface area contributed by atoms with Crippen LogP contribution in [0.25, 0.3) is 0 Å². The molecule has 0 bridgehead atoms. The Morgan fingerprint density at radius 1 is 1.57 bits per heavy atom. The number of carbonyl (C=O) groups excluding carboxylic acids is 1. The van der Waals surface area contributed by atoms with Gasteiger partial charge in [-0.1, -0.05) is 0 Å². The highest BCUT2D eigenvalue weighted by atomic mass is 16.4. The molecule has 74 valence electrons. The van der Waals surface area contributed by atoms with Gasteiger partial charge in [-0.25, -0.2) is 14.8 Å². The fraction of sp³-hybridized carbons (Fsp3) is 0.250. The number of rotatable bonds is 3. The van der Waals surface area contributed by atoms with E-state index in [-0.39, 0.29) is 24.0 Å². The summed E-state index contributed by atoms with van der Waals surface area (Å²) in [6, 6.07) is 1.29. The molecule has 0 saturated carbocycles. The maximum absolute atomic E-state index is 10.6. The zero-order valence-corrected chi connectivity index (χ0v) is 7.52. The molecule has 0 fully saturated rings. The van der Waals surface area contributed by atoms with Crippen LogP contribution in [0.1, 0.15) is 23.2 Å². The van der Waals surface area contributed by atoms with E-state index in [0.29, 0.717) is 0 Å². The van der Waals surface area contributed by atoms with Crippen LogP contribution < -0.4 is 5.32 Å². The highest BCUT2D eigenvalue weighted by Gasteiger charge is 2.05. The number of nitrogens with one attached hydrogen (secondary N) is 1. The van der Waals surface area contributed by atoms with Gasteiger partial charge in [-0.2, -0.15) is 0 Å². The Hall–Kier alpha value is -1.98. The second kappa shape index (κ2) is 4.31. The maximum Gasteiger partial charge on any atom is 0.354 e. The fourth-order valence-electron chi connectivity index (χ4n) is 0.807. The van der Waals surface area contributed by atoms with Crippen molar-refractivity contribution in [3.63, 3.8) is 0 Å². The third kappa shape index (κ3) is 2.81. The zero-order valence-electron chi connectivity index (χ0n) is 7.52. The summed E-state index contributed by atoms with van der Waals surface area (Å²) in [4.78, 5) is 28.6. The van der Waals surface area contributed by atoms with E-state index in [1.807, 2.05) is 0 Å². The van der Waals surface area contributed by atoms with Crippen LogP contribution in [0, 0.1) is 0 Å². The van der Waals surface area contributed by atoms with Crippen molar-refractivity contribution in [2.24, 2.45) is 0 Å². The Morgan fingerprint density at radius 3 is 2.86 bits per heavy atom. The number of carbonyl (C=O) groups is 2. The van der Waals surface area contributed by atoms with E-state index in [9.17, 15) is 9.59 Å². The monoisotopic (exact) mass is 195 g/mol. The van der Waals surface area contributed by atoms with Crippen LogP contribution in [0.4, 0.5) is 0 Å². The van der Waals surface area contributed by atoms with Gasteiger partial charge in [0, 0.05) is 13.1 Å². The molecule has 0 unspecified atom stereocenters. The second-order valence-electron chi connectivity index (χ2n) is 2.57. The molecule has 0 aliphatic rings. The van der Waals surface area contributed by atoms with Crippen molar-refractivity contribution in [2.45, 2.75) is 13.5 Å². The number of hydrogen-bond donors (Lipinski definition) is 2. The van der Waals surface area contributed by atoms with Gasteiger partial charge < -0.3 is 10.4 Å². The third-order valence-corrected chi connectivity index (χ3v) is 1.42. The van der Waals surface area contributed by atoms with Gasteiger partial charge in [0.25, 0.3) is 0 Å². The summed E-state index contributed by atoms with van der Waals surface area (Å²) in [5.74, 6) is -1.05. The first kappa shape index (κ1) is 10.1. The minimum Gasteiger partial charge on any atom is -0.477 e. The van der Waals surface area contributed by atoms with Crippen LogP contribution in [0.5, 0.6) is 0 Å². The Kier molecular flexibility index (Phi) is 3.11. The quantitative estimate of drug-likeness (QED) is 0.697. The average Bonchev–Trinajstić information content (AvgIpc) is 2.15. The van der Waals surface area contributed by atoms with E-state index in [1.165, 1.54) is 19.2 Å². The first-order chi connectivity index (χ1) is 6.59. The molecule has 0 aliphatic heterocycles. The van der Waals surface area contributed by atoms with Crippen molar-refractivity contribution in [3.05, 3.63) is 23.8 Å². The lowest BCUT2D eigenvalue weighted by Crippen LogP contribution is -2.21. The molecule has 0 aromatic carbocycles. The number of amides is 1. The number of aromatic nitrogens is 2. The molecule has 1 heterocycles. The van der Waals surface area contributed by atoms with Crippen molar-refractivity contribution in [3.8, 4) is 0 Å². The number of hydrogen-bond acceptors (Lipinski definition) is 4. The molecule has 1 rings (SSSR count). The molecule has 1 aromatic rings. The normalized spacial score (nSPS) is 9.50. The van der Waals surface area contributed by atoms with E-state index in [4.69, 9.17) is 5.11 Å². The van der Waals surface area contributed by atoms with E-state index in [2.05, 4.69) is 15.3 Å². The summed E-state index contributed by atoms with van der Waals surface area (Å²) in [5.41, 5.74) is -0.0830. The molecule has 0 atom stereocenters. The lowest BCUT2D eigenvalue weighted by Gasteiger charge is -2.00. The molecular weight excluding hydrogens is 186 g/mol. The van der Waals surface area contributed by atoms with Gasteiger partial charge in [0.2, 0.25) is 5.91 Å². The third-order valence-electron chi connectivity index (χ3n) is 1.42. The van der Waals surface area contributed by atoms with Crippen LogP contribution >= 0.6 is 0 Å². The van der Waals surface area contributed by atoms with E-state index in [0.717, 1.165) is 0 Å². The van der Waals surface area contributed by atoms with Gasteiger partial charge in [-0.05, 0) is 6.07 Å². The first-order valence-corrected chi connectivity index (χ1v) is 3.89. The predicted octanol–water partition coefficient (Wildman–Crippen LogP) is -0.189. The molecule has 0 aliphatic carbocycles. The smallest absolute Gasteiger partial charge is 0.354 e. The Labute approximate surface area is 80.0 Å². The standard InChI is InChI=1S/C8H9N3O3/c1-5(12)10-4-7-9-3-2-6(11-7)8(13)14/h2-3H,4H2,1H3,(H,10,12)(H,13,14). The molecule has 6 heteroatoms. The Balaban J connectivity index is 2.73. The van der Waals surface area contributed by atoms with E-state index >= 15 is 0 Å².